The van der Waals surface area contributed by atoms with Gasteiger partial charge in [-0.2, -0.15) is 0 Å². The number of rotatable bonds is 5. The lowest BCUT2D eigenvalue weighted by atomic mass is 9.97. The lowest BCUT2D eigenvalue weighted by molar-refractivity contribution is -0.384. The maximum Gasteiger partial charge on any atom is 0.294 e. The molecule has 1 aliphatic rings. The fourth-order valence-corrected chi connectivity index (χ4v) is 3.47. The molecule has 0 saturated heterocycles. The number of hydrogen-bond acceptors (Lipinski definition) is 5. The van der Waals surface area contributed by atoms with Gasteiger partial charge in [-0.15, -0.1) is 0 Å². The molecule has 4 rings (SSSR count). The van der Waals surface area contributed by atoms with E-state index in [-0.39, 0.29) is 23.2 Å². The molecule has 3 aromatic rings. The second kappa shape index (κ2) is 7.78. The maximum atomic E-state index is 12.7. The maximum absolute atomic E-state index is 12.7. The van der Waals surface area contributed by atoms with Gasteiger partial charge in [0.15, 0.2) is 0 Å². The lowest BCUT2D eigenvalue weighted by Crippen LogP contribution is -2.27. The molecule has 2 heterocycles. The molecule has 2 amide bonds. The molecular weight excluding hydrogens is 386 g/mol. The number of hydrogen-bond donors (Lipinski definition) is 2. The summed E-state index contributed by atoms with van der Waals surface area (Å²) in [5.74, 6) is -0.411. The number of nitrogens with zero attached hydrogens (tertiary/aromatic N) is 3. The van der Waals surface area contributed by atoms with E-state index in [2.05, 4.69) is 15.6 Å². The standard InChI is InChI=1S/C21H19N5O4/c1-13(14-2-5-17-15(10-14)4-7-20(27)24-17)23-21(28)16-3-6-18(19(11-16)26(29)30)25-9-8-22-12-25/h2-3,5-6,8-13H,4,7H2,1H3,(H,23,28)(H,24,27). The number of fused-ring (bicyclic) bond motifs is 1. The van der Waals surface area contributed by atoms with Crippen LogP contribution in [-0.2, 0) is 11.2 Å². The van der Waals surface area contributed by atoms with Crippen LogP contribution in [0.2, 0.25) is 0 Å². The zero-order valence-electron chi connectivity index (χ0n) is 16.2. The highest BCUT2D eigenvalue weighted by Gasteiger charge is 2.21. The van der Waals surface area contributed by atoms with E-state index >= 15 is 0 Å². The van der Waals surface area contributed by atoms with Crippen LogP contribution in [0.1, 0.15) is 40.9 Å². The van der Waals surface area contributed by atoms with Crippen LogP contribution in [0.15, 0.2) is 55.1 Å². The van der Waals surface area contributed by atoms with Crippen LogP contribution >= 0.6 is 0 Å². The van der Waals surface area contributed by atoms with Crippen LogP contribution in [0, 0.1) is 10.1 Å². The Morgan fingerprint density at radius 3 is 2.83 bits per heavy atom. The summed E-state index contributed by atoms with van der Waals surface area (Å²) < 4.78 is 1.52. The van der Waals surface area contributed by atoms with Gasteiger partial charge >= 0.3 is 0 Å². The first-order valence-corrected chi connectivity index (χ1v) is 9.42. The van der Waals surface area contributed by atoms with E-state index in [0.29, 0.717) is 18.5 Å². The molecule has 0 fully saturated rings. The molecule has 0 radical (unpaired) electrons. The summed E-state index contributed by atoms with van der Waals surface area (Å²) in [6.45, 7) is 1.84. The Hall–Kier alpha value is -4.01. The van der Waals surface area contributed by atoms with Crippen molar-refractivity contribution in [3.8, 4) is 5.69 Å². The van der Waals surface area contributed by atoms with Crippen LogP contribution < -0.4 is 10.6 Å². The number of carbonyl (C=O) groups is 2. The van der Waals surface area contributed by atoms with Gasteiger partial charge in [-0.25, -0.2) is 4.98 Å². The van der Waals surface area contributed by atoms with Crippen molar-refractivity contribution < 1.29 is 14.5 Å². The molecule has 0 saturated carbocycles. The minimum Gasteiger partial charge on any atom is -0.346 e. The highest BCUT2D eigenvalue weighted by molar-refractivity contribution is 5.96. The Kier molecular flexibility index (Phi) is 5.01. The molecule has 1 aliphatic heterocycles. The van der Waals surface area contributed by atoms with Gasteiger partial charge in [0.2, 0.25) is 5.91 Å². The second-order valence-electron chi connectivity index (χ2n) is 7.09. The molecule has 152 valence electrons. The Balaban J connectivity index is 1.54. The molecular formula is C21H19N5O4. The second-order valence-corrected chi connectivity index (χ2v) is 7.09. The molecule has 2 N–H and O–H groups in total. The summed E-state index contributed by atoms with van der Waals surface area (Å²) in [6, 6.07) is 9.67. The van der Waals surface area contributed by atoms with E-state index in [0.717, 1.165) is 16.8 Å². The largest absolute Gasteiger partial charge is 0.346 e. The average Bonchev–Trinajstić information content (AvgIpc) is 3.27. The molecule has 30 heavy (non-hydrogen) atoms. The van der Waals surface area contributed by atoms with Gasteiger partial charge in [0.05, 0.1) is 17.3 Å². The van der Waals surface area contributed by atoms with Crippen molar-refractivity contribution in [1.82, 2.24) is 14.9 Å². The van der Waals surface area contributed by atoms with E-state index in [4.69, 9.17) is 0 Å². The van der Waals surface area contributed by atoms with Gasteiger partial charge in [-0.3, -0.25) is 19.7 Å². The molecule has 1 unspecified atom stereocenters. The Bertz CT molecular complexity index is 1140. The number of nitro groups is 1. The number of anilines is 1. The van der Waals surface area contributed by atoms with Gasteiger partial charge in [-0.1, -0.05) is 12.1 Å². The SMILES string of the molecule is CC(NC(=O)c1ccc(-n2ccnc2)c([N+](=O)[O-])c1)c1ccc2c(c1)CCC(=O)N2. The Morgan fingerprint density at radius 1 is 1.27 bits per heavy atom. The third-order valence-electron chi connectivity index (χ3n) is 5.09. The first kappa shape index (κ1) is 19.3. The monoisotopic (exact) mass is 405 g/mol. The molecule has 1 aromatic heterocycles. The van der Waals surface area contributed by atoms with E-state index in [1.165, 1.54) is 29.2 Å². The average molecular weight is 405 g/mol. The van der Waals surface area contributed by atoms with E-state index in [9.17, 15) is 19.7 Å². The van der Waals surface area contributed by atoms with Crippen LogP contribution in [0.4, 0.5) is 11.4 Å². The van der Waals surface area contributed by atoms with Crippen molar-refractivity contribution >= 4 is 23.2 Å². The third-order valence-corrected chi connectivity index (χ3v) is 5.09. The minimum atomic E-state index is -0.521. The molecule has 0 spiro atoms. The number of nitrogens with one attached hydrogen (secondary N) is 2. The normalized spacial score (nSPS) is 13.8. The van der Waals surface area contributed by atoms with Crippen molar-refractivity contribution in [2.24, 2.45) is 0 Å². The third kappa shape index (κ3) is 3.77. The fraction of sp³-hybridized carbons (Fsp3) is 0.190. The van der Waals surface area contributed by atoms with Crippen molar-refractivity contribution in [3.63, 3.8) is 0 Å². The molecule has 1 atom stereocenters. The molecule has 0 bridgehead atoms. The topological polar surface area (TPSA) is 119 Å². The van der Waals surface area contributed by atoms with E-state index in [1.807, 2.05) is 25.1 Å². The van der Waals surface area contributed by atoms with Crippen LogP contribution in [0.5, 0.6) is 0 Å². The zero-order chi connectivity index (χ0) is 21.3. The molecule has 9 heteroatoms. The zero-order valence-corrected chi connectivity index (χ0v) is 16.2. The quantitative estimate of drug-likeness (QED) is 0.499. The fourth-order valence-electron chi connectivity index (χ4n) is 3.47. The highest BCUT2D eigenvalue weighted by atomic mass is 16.6. The van der Waals surface area contributed by atoms with E-state index in [1.54, 1.807) is 12.3 Å². The summed E-state index contributed by atoms with van der Waals surface area (Å²) in [5.41, 5.74) is 3.05. The highest BCUT2D eigenvalue weighted by Crippen LogP contribution is 2.27. The summed E-state index contributed by atoms with van der Waals surface area (Å²) in [5, 5.41) is 17.2. The molecule has 0 aliphatic carbocycles. The molecule has 2 aromatic carbocycles. The van der Waals surface area contributed by atoms with Gasteiger partial charge in [0.1, 0.15) is 5.69 Å². The Labute approximate surface area is 171 Å². The first-order valence-electron chi connectivity index (χ1n) is 9.42. The number of aryl methyl sites for hydroxylation is 1. The predicted octanol–water partition coefficient (Wildman–Crippen LogP) is 3.16. The van der Waals surface area contributed by atoms with Gasteiger partial charge in [-0.05, 0) is 42.7 Å². The van der Waals surface area contributed by atoms with Crippen molar-refractivity contribution in [2.75, 3.05) is 5.32 Å². The van der Waals surface area contributed by atoms with Crippen molar-refractivity contribution in [1.29, 1.82) is 0 Å². The summed E-state index contributed by atoms with van der Waals surface area (Å²) in [7, 11) is 0. The number of imidazole rings is 1. The number of nitro benzene ring substituents is 1. The number of amides is 2. The minimum absolute atomic E-state index is 0.00247. The number of carbonyl (C=O) groups excluding carboxylic acids is 2. The summed E-state index contributed by atoms with van der Waals surface area (Å²) >= 11 is 0. The van der Waals surface area contributed by atoms with Crippen molar-refractivity contribution in [2.45, 2.75) is 25.8 Å². The lowest BCUT2D eigenvalue weighted by Gasteiger charge is -2.20. The first-order chi connectivity index (χ1) is 14.4. The van der Waals surface area contributed by atoms with Gasteiger partial charge in [0, 0.05) is 36.1 Å². The van der Waals surface area contributed by atoms with Crippen molar-refractivity contribution in [3.05, 3.63) is 81.9 Å². The number of aromatic nitrogens is 2. The van der Waals surface area contributed by atoms with Gasteiger partial charge in [0.25, 0.3) is 11.6 Å². The summed E-state index contributed by atoms with van der Waals surface area (Å²) in [6.07, 6.45) is 5.67. The Morgan fingerprint density at radius 2 is 2.10 bits per heavy atom. The van der Waals surface area contributed by atoms with Gasteiger partial charge < -0.3 is 15.2 Å². The van der Waals surface area contributed by atoms with Crippen LogP contribution in [0.3, 0.4) is 0 Å². The van der Waals surface area contributed by atoms with Crippen LogP contribution in [-0.4, -0.2) is 26.3 Å². The molecule has 9 nitrogen and oxygen atoms in total. The number of benzene rings is 2. The predicted molar refractivity (Wildman–Crippen MR) is 109 cm³/mol. The van der Waals surface area contributed by atoms with Crippen LogP contribution in [0.25, 0.3) is 5.69 Å². The summed E-state index contributed by atoms with van der Waals surface area (Å²) in [4.78, 5) is 39.1. The smallest absolute Gasteiger partial charge is 0.294 e. The van der Waals surface area contributed by atoms with E-state index < -0.39 is 10.8 Å².